The summed E-state index contributed by atoms with van der Waals surface area (Å²) in [4.78, 5) is 12.2. The maximum Gasteiger partial charge on any atom is 0.573 e. The standard InChI is InChI=1S/C13H11F3N2O2/c1-8-6-11(18(2)17-8)12(19)9-4-3-5-10(7-9)20-13(14,15)16/h3-7H,1-2H3. The first-order valence-electron chi connectivity index (χ1n) is 5.67. The molecular weight excluding hydrogens is 273 g/mol. The summed E-state index contributed by atoms with van der Waals surface area (Å²) in [5.41, 5.74) is 1.06. The first-order chi connectivity index (χ1) is 9.26. The molecule has 1 heterocycles. The van der Waals surface area contributed by atoms with E-state index in [0.29, 0.717) is 11.4 Å². The molecule has 0 saturated heterocycles. The molecule has 1 aromatic carbocycles. The number of aromatic nitrogens is 2. The van der Waals surface area contributed by atoms with Gasteiger partial charge in [0.25, 0.3) is 0 Å². The normalized spacial score (nSPS) is 11.4. The Labute approximate surface area is 112 Å². The summed E-state index contributed by atoms with van der Waals surface area (Å²) in [6, 6.07) is 6.52. The van der Waals surface area contributed by atoms with E-state index in [-0.39, 0.29) is 5.56 Å². The fourth-order valence-corrected chi connectivity index (χ4v) is 1.81. The van der Waals surface area contributed by atoms with E-state index in [4.69, 9.17) is 0 Å². The van der Waals surface area contributed by atoms with Crippen molar-refractivity contribution in [1.82, 2.24) is 9.78 Å². The predicted molar refractivity (Wildman–Crippen MR) is 64.5 cm³/mol. The van der Waals surface area contributed by atoms with E-state index in [2.05, 4.69) is 9.84 Å². The summed E-state index contributed by atoms with van der Waals surface area (Å²) in [5.74, 6) is -0.844. The van der Waals surface area contributed by atoms with Crippen molar-refractivity contribution in [2.24, 2.45) is 7.05 Å². The molecule has 7 heteroatoms. The Bertz CT molecular complexity index is 647. The van der Waals surface area contributed by atoms with Crippen LogP contribution in [0.5, 0.6) is 5.75 Å². The first kappa shape index (κ1) is 14.1. The highest BCUT2D eigenvalue weighted by Gasteiger charge is 2.31. The smallest absolute Gasteiger partial charge is 0.406 e. The summed E-state index contributed by atoms with van der Waals surface area (Å²) in [6.07, 6.45) is -4.79. The molecule has 4 nitrogen and oxygen atoms in total. The zero-order chi connectivity index (χ0) is 14.9. The van der Waals surface area contributed by atoms with E-state index in [0.717, 1.165) is 12.1 Å². The lowest BCUT2D eigenvalue weighted by Crippen LogP contribution is -2.17. The van der Waals surface area contributed by atoms with Crippen molar-refractivity contribution in [1.29, 1.82) is 0 Å². The molecule has 0 N–H and O–H groups in total. The second kappa shape index (κ2) is 4.99. The highest BCUT2D eigenvalue weighted by atomic mass is 19.4. The molecule has 0 aliphatic carbocycles. The molecule has 0 aliphatic heterocycles. The number of aryl methyl sites for hydroxylation is 2. The second-order valence-corrected chi connectivity index (χ2v) is 4.20. The Morgan fingerprint density at radius 1 is 1.30 bits per heavy atom. The topological polar surface area (TPSA) is 44.1 Å². The number of carbonyl (C=O) groups is 1. The highest BCUT2D eigenvalue weighted by Crippen LogP contribution is 2.24. The maximum atomic E-state index is 12.2. The van der Waals surface area contributed by atoms with Crippen LogP contribution in [0.25, 0.3) is 0 Å². The Balaban J connectivity index is 2.31. The van der Waals surface area contributed by atoms with Gasteiger partial charge in [-0.15, -0.1) is 13.2 Å². The van der Waals surface area contributed by atoms with Crippen LogP contribution in [0.2, 0.25) is 0 Å². The van der Waals surface area contributed by atoms with Gasteiger partial charge in [-0.05, 0) is 25.1 Å². The zero-order valence-corrected chi connectivity index (χ0v) is 10.7. The fourth-order valence-electron chi connectivity index (χ4n) is 1.81. The van der Waals surface area contributed by atoms with Gasteiger partial charge in [0.2, 0.25) is 5.78 Å². The van der Waals surface area contributed by atoms with Crippen molar-refractivity contribution in [3.05, 3.63) is 47.3 Å². The molecule has 0 bridgehead atoms. The van der Waals surface area contributed by atoms with Gasteiger partial charge in [-0.1, -0.05) is 12.1 Å². The third-order valence-electron chi connectivity index (χ3n) is 2.56. The minimum Gasteiger partial charge on any atom is -0.406 e. The number of nitrogens with zero attached hydrogens (tertiary/aromatic N) is 2. The van der Waals surface area contributed by atoms with Crippen molar-refractivity contribution in [2.45, 2.75) is 13.3 Å². The molecule has 0 unspecified atom stereocenters. The second-order valence-electron chi connectivity index (χ2n) is 4.20. The van der Waals surface area contributed by atoms with Crippen LogP contribution in [0.1, 0.15) is 21.7 Å². The van der Waals surface area contributed by atoms with Gasteiger partial charge in [-0.2, -0.15) is 5.10 Å². The number of carbonyl (C=O) groups excluding carboxylic acids is 1. The van der Waals surface area contributed by atoms with Gasteiger partial charge in [-0.3, -0.25) is 9.48 Å². The Hall–Kier alpha value is -2.31. The van der Waals surface area contributed by atoms with E-state index in [1.165, 1.54) is 16.8 Å². The largest absolute Gasteiger partial charge is 0.573 e. The average molecular weight is 284 g/mol. The zero-order valence-electron chi connectivity index (χ0n) is 10.7. The number of hydrogen-bond donors (Lipinski definition) is 0. The van der Waals surface area contributed by atoms with Crippen LogP contribution in [-0.4, -0.2) is 21.9 Å². The van der Waals surface area contributed by atoms with Crippen LogP contribution in [0.3, 0.4) is 0 Å². The number of ether oxygens (including phenoxy) is 1. The van der Waals surface area contributed by atoms with Crippen LogP contribution in [-0.2, 0) is 7.05 Å². The molecule has 0 saturated carbocycles. The highest BCUT2D eigenvalue weighted by molar-refractivity contribution is 6.08. The molecule has 0 radical (unpaired) electrons. The van der Waals surface area contributed by atoms with Crippen LogP contribution < -0.4 is 4.74 Å². The lowest BCUT2D eigenvalue weighted by atomic mass is 10.1. The molecule has 0 fully saturated rings. The molecule has 0 spiro atoms. The SMILES string of the molecule is Cc1cc(C(=O)c2cccc(OC(F)(F)F)c2)n(C)n1. The number of rotatable bonds is 3. The quantitative estimate of drug-likeness (QED) is 0.814. The van der Waals surface area contributed by atoms with E-state index < -0.39 is 17.9 Å². The molecule has 106 valence electrons. The molecule has 20 heavy (non-hydrogen) atoms. The molecule has 0 atom stereocenters. The molecule has 1 aromatic heterocycles. The number of halogens is 3. The third kappa shape index (κ3) is 3.17. The maximum absolute atomic E-state index is 12.2. The van der Waals surface area contributed by atoms with Gasteiger partial charge in [0, 0.05) is 12.6 Å². The number of hydrogen-bond acceptors (Lipinski definition) is 3. The summed E-state index contributed by atoms with van der Waals surface area (Å²) in [5, 5.41) is 4.02. The van der Waals surface area contributed by atoms with E-state index in [9.17, 15) is 18.0 Å². The third-order valence-corrected chi connectivity index (χ3v) is 2.56. The summed E-state index contributed by atoms with van der Waals surface area (Å²) in [6.45, 7) is 1.72. The lowest BCUT2D eigenvalue weighted by Gasteiger charge is -2.09. The molecule has 2 rings (SSSR count). The van der Waals surface area contributed by atoms with Crippen molar-refractivity contribution < 1.29 is 22.7 Å². The summed E-state index contributed by atoms with van der Waals surface area (Å²) in [7, 11) is 1.59. The minimum absolute atomic E-state index is 0.106. The molecule has 0 amide bonds. The van der Waals surface area contributed by atoms with Crippen molar-refractivity contribution in [2.75, 3.05) is 0 Å². The van der Waals surface area contributed by atoms with Gasteiger partial charge in [0.05, 0.1) is 5.69 Å². The predicted octanol–water partition coefficient (Wildman–Crippen LogP) is 2.86. The van der Waals surface area contributed by atoms with Crippen LogP contribution in [0.4, 0.5) is 13.2 Å². The Kier molecular flexibility index (Phi) is 3.52. The van der Waals surface area contributed by atoms with Crippen molar-refractivity contribution in [3.63, 3.8) is 0 Å². The van der Waals surface area contributed by atoms with Crippen LogP contribution in [0.15, 0.2) is 30.3 Å². The number of alkyl halides is 3. The Morgan fingerprint density at radius 2 is 2.00 bits per heavy atom. The molecule has 2 aromatic rings. The Morgan fingerprint density at radius 3 is 2.55 bits per heavy atom. The van der Waals surface area contributed by atoms with E-state index in [1.807, 2.05) is 0 Å². The van der Waals surface area contributed by atoms with Crippen molar-refractivity contribution in [3.8, 4) is 5.75 Å². The van der Waals surface area contributed by atoms with Gasteiger partial charge >= 0.3 is 6.36 Å². The van der Waals surface area contributed by atoms with Gasteiger partial charge < -0.3 is 4.74 Å². The number of benzene rings is 1. The minimum atomic E-state index is -4.79. The first-order valence-corrected chi connectivity index (χ1v) is 5.67. The van der Waals surface area contributed by atoms with Gasteiger partial charge in [-0.25, -0.2) is 0 Å². The lowest BCUT2D eigenvalue weighted by molar-refractivity contribution is -0.274. The van der Waals surface area contributed by atoms with Gasteiger partial charge in [0.15, 0.2) is 0 Å². The molecular formula is C13H11F3N2O2. The molecule has 0 aliphatic rings. The van der Waals surface area contributed by atoms with Gasteiger partial charge in [0.1, 0.15) is 11.4 Å². The summed E-state index contributed by atoms with van der Waals surface area (Å²) < 4.78 is 41.6. The summed E-state index contributed by atoms with van der Waals surface area (Å²) >= 11 is 0. The number of ketones is 1. The average Bonchev–Trinajstić information content (AvgIpc) is 2.65. The van der Waals surface area contributed by atoms with Crippen LogP contribution in [0, 0.1) is 6.92 Å². The van der Waals surface area contributed by atoms with E-state index >= 15 is 0 Å². The van der Waals surface area contributed by atoms with Crippen molar-refractivity contribution >= 4 is 5.78 Å². The van der Waals surface area contributed by atoms with Crippen LogP contribution >= 0.6 is 0 Å². The monoisotopic (exact) mass is 284 g/mol. The van der Waals surface area contributed by atoms with E-state index in [1.54, 1.807) is 20.0 Å². The fraction of sp³-hybridized carbons (Fsp3) is 0.231.